The van der Waals surface area contributed by atoms with Gasteiger partial charge in [0, 0.05) is 38.9 Å². The number of benzene rings is 1. The van der Waals surface area contributed by atoms with E-state index < -0.39 is 10.0 Å². The lowest BCUT2D eigenvalue weighted by atomic mass is 9.88. The largest absolute Gasteiger partial charge is 0.334 e. The van der Waals surface area contributed by atoms with Crippen LogP contribution in [0.1, 0.15) is 42.6 Å². The van der Waals surface area contributed by atoms with Gasteiger partial charge in [0.2, 0.25) is 10.0 Å². The van der Waals surface area contributed by atoms with Gasteiger partial charge in [-0.3, -0.25) is 4.90 Å². The number of imidazole rings is 1. The molecule has 29 heavy (non-hydrogen) atoms. The predicted octanol–water partition coefficient (Wildman–Crippen LogP) is 2.81. The fourth-order valence-corrected chi connectivity index (χ4v) is 7.45. The van der Waals surface area contributed by atoms with Crippen LogP contribution in [0.15, 0.2) is 36.8 Å². The van der Waals surface area contributed by atoms with Crippen molar-refractivity contribution < 1.29 is 8.42 Å². The molecule has 0 radical (unpaired) electrons. The van der Waals surface area contributed by atoms with E-state index in [1.54, 1.807) is 0 Å². The minimum Gasteiger partial charge on any atom is -0.334 e. The van der Waals surface area contributed by atoms with Crippen LogP contribution in [0.2, 0.25) is 0 Å². The summed E-state index contributed by atoms with van der Waals surface area (Å²) >= 11 is 0. The summed E-state index contributed by atoms with van der Waals surface area (Å²) in [5.74, 6) is 0.744. The number of nitrogens with zero attached hydrogens (tertiary/aromatic N) is 4. The van der Waals surface area contributed by atoms with Crippen molar-refractivity contribution in [2.24, 2.45) is 11.8 Å². The first-order chi connectivity index (χ1) is 14.0. The van der Waals surface area contributed by atoms with Gasteiger partial charge in [0.15, 0.2) is 0 Å². The fraction of sp³-hybridized carbons (Fsp3) is 0.591. The van der Waals surface area contributed by atoms with Gasteiger partial charge in [0.05, 0.1) is 23.3 Å². The van der Waals surface area contributed by atoms with Gasteiger partial charge in [0.1, 0.15) is 0 Å². The standard InChI is InChI=1S/C22H30N4O2S/c1-3-25-15-23-10-18(25)13-24-11-17-12-26(29(27,28)19-8-9-19)22(21(17)14-24)20-7-5-4-6-16(20)2/h4-7,10,15,17,19,21-22H,3,8-9,11-14H2,1-2H3/t17-,21-,22+/m0/s1. The van der Waals surface area contributed by atoms with E-state index in [2.05, 4.69) is 40.4 Å². The van der Waals surface area contributed by atoms with Crippen LogP contribution in [0.25, 0.3) is 0 Å². The maximum Gasteiger partial charge on any atom is 0.217 e. The first-order valence-corrected chi connectivity index (χ1v) is 12.3. The number of aromatic nitrogens is 2. The van der Waals surface area contributed by atoms with Gasteiger partial charge in [-0.15, -0.1) is 0 Å². The van der Waals surface area contributed by atoms with E-state index in [0.717, 1.165) is 39.0 Å². The summed E-state index contributed by atoms with van der Waals surface area (Å²) < 4.78 is 30.5. The molecule has 3 aliphatic rings. The SMILES string of the molecule is CCn1cncc1CN1C[C@H]2CN(S(=O)(=O)C3CC3)[C@H](c3ccccc3C)[C@H]2C1. The van der Waals surface area contributed by atoms with Crippen molar-refractivity contribution in [1.29, 1.82) is 0 Å². The summed E-state index contributed by atoms with van der Waals surface area (Å²) in [5.41, 5.74) is 3.61. The number of fused-ring (bicyclic) bond motifs is 1. The molecule has 6 nitrogen and oxygen atoms in total. The average Bonchev–Trinajstić information content (AvgIpc) is 3.22. The molecule has 2 saturated heterocycles. The van der Waals surface area contributed by atoms with Gasteiger partial charge in [-0.25, -0.2) is 13.4 Å². The molecular weight excluding hydrogens is 384 g/mol. The van der Waals surface area contributed by atoms with Crippen molar-refractivity contribution in [3.63, 3.8) is 0 Å². The van der Waals surface area contributed by atoms with Crippen LogP contribution in [0.3, 0.4) is 0 Å². The summed E-state index contributed by atoms with van der Waals surface area (Å²) in [5, 5.41) is -0.150. The van der Waals surface area contributed by atoms with Crippen molar-refractivity contribution in [2.75, 3.05) is 19.6 Å². The van der Waals surface area contributed by atoms with Crippen LogP contribution < -0.4 is 0 Å². The molecule has 0 spiro atoms. The molecule has 0 bridgehead atoms. The highest BCUT2D eigenvalue weighted by Gasteiger charge is 2.54. The van der Waals surface area contributed by atoms with Gasteiger partial charge in [-0.1, -0.05) is 24.3 Å². The molecule has 3 fully saturated rings. The molecule has 1 aromatic carbocycles. The van der Waals surface area contributed by atoms with Crippen molar-refractivity contribution >= 4 is 10.0 Å². The molecule has 0 amide bonds. The Balaban J connectivity index is 1.43. The molecule has 156 valence electrons. The first-order valence-electron chi connectivity index (χ1n) is 10.8. The molecule has 0 unspecified atom stereocenters. The zero-order chi connectivity index (χ0) is 20.2. The van der Waals surface area contributed by atoms with Crippen molar-refractivity contribution in [3.8, 4) is 0 Å². The van der Waals surface area contributed by atoms with E-state index in [1.807, 2.05) is 29.0 Å². The second kappa shape index (κ2) is 7.22. The third-order valence-corrected chi connectivity index (χ3v) is 9.35. The van der Waals surface area contributed by atoms with Crippen molar-refractivity contribution in [3.05, 3.63) is 53.6 Å². The quantitative estimate of drug-likeness (QED) is 0.729. The summed E-state index contributed by atoms with van der Waals surface area (Å²) in [6, 6.07) is 8.29. The molecule has 2 aliphatic heterocycles. The Labute approximate surface area is 173 Å². The van der Waals surface area contributed by atoms with Gasteiger partial charge < -0.3 is 4.57 Å². The van der Waals surface area contributed by atoms with E-state index in [0.29, 0.717) is 18.4 Å². The van der Waals surface area contributed by atoms with Crippen LogP contribution in [0.5, 0.6) is 0 Å². The van der Waals surface area contributed by atoms with Crippen molar-refractivity contribution in [2.45, 2.75) is 51.1 Å². The van der Waals surface area contributed by atoms with Gasteiger partial charge in [-0.05, 0) is 49.7 Å². The lowest BCUT2D eigenvalue weighted by molar-refractivity contribution is 0.255. The molecule has 0 N–H and O–H groups in total. The zero-order valence-corrected chi connectivity index (χ0v) is 18.1. The molecule has 3 atom stereocenters. The molecule has 1 saturated carbocycles. The molecule has 1 aromatic heterocycles. The van der Waals surface area contributed by atoms with E-state index in [1.165, 1.54) is 16.8 Å². The van der Waals surface area contributed by atoms with Crippen LogP contribution in [0.4, 0.5) is 0 Å². The Morgan fingerprint density at radius 3 is 2.66 bits per heavy atom. The normalized spacial score (nSPS) is 28.1. The molecule has 2 aromatic rings. The number of likely N-dealkylation sites (tertiary alicyclic amines) is 1. The predicted molar refractivity (Wildman–Crippen MR) is 113 cm³/mol. The van der Waals surface area contributed by atoms with Crippen LogP contribution >= 0.6 is 0 Å². The van der Waals surface area contributed by atoms with E-state index in [9.17, 15) is 8.42 Å². The second-order valence-electron chi connectivity index (χ2n) is 8.90. The van der Waals surface area contributed by atoms with E-state index in [4.69, 9.17) is 0 Å². The second-order valence-corrected chi connectivity index (χ2v) is 11.1. The van der Waals surface area contributed by atoms with Gasteiger partial charge in [0.25, 0.3) is 0 Å². The lowest BCUT2D eigenvalue weighted by Crippen LogP contribution is -2.37. The van der Waals surface area contributed by atoms with Crippen LogP contribution in [-0.2, 0) is 23.1 Å². The van der Waals surface area contributed by atoms with Gasteiger partial charge >= 0.3 is 0 Å². The highest BCUT2D eigenvalue weighted by atomic mass is 32.2. The highest BCUT2D eigenvalue weighted by Crippen LogP contribution is 2.49. The maximum absolute atomic E-state index is 13.2. The number of aryl methyl sites for hydroxylation is 2. The van der Waals surface area contributed by atoms with Gasteiger partial charge in [-0.2, -0.15) is 4.31 Å². The molecule has 5 rings (SSSR count). The lowest BCUT2D eigenvalue weighted by Gasteiger charge is -2.30. The Morgan fingerprint density at radius 1 is 1.14 bits per heavy atom. The summed E-state index contributed by atoms with van der Waals surface area (Å²) in [6.45, 7) is 8.61. The summed E-state index contributed by atoms with van der Waals surface area (Å²) in [6.07, 6.45) is 5.50. The zero-order valence-electron chi connectivity index (χ0n) is 17.2. The van der Waals surface area contributed by atoms with Crippen molar-refractivity contribution in [1.82, 2.24) is 18.8 Å². The van der Waals surface area contributed by atoms with Crippen LogP contribution in [0, 0.1) is 18.8 Å². The summed E-state index contributed by atoms with van der Waals surface area (Å²) in [4.78, 5) is 6.79. The maximum atomic E-state index is 13.2. The minimum absolute atomic E-state index is 0.0344. The molecular formula is C22H30N4O2S. The third-order valence-electron chi connectivity index (χ3n) is 7.00. The number of hydrogen-bond donors (Lipinski definition) is 0. The third kappa shape index (κ3) is 3.33. The number of sulfonamides is 1. The Kier molecular flexibility index (Phi) is 4.80. The number of rotatable bonds is 6. The molecule has 3 heterocycles. The van der Waals surface area contributed by atoms with Crippen LogP contribution in [-0.4, -0.2) is 52.1 Å². The topological polar surface area (TPSA) is 58.4 Å². The average molecular weight is 415 g/mol. The van der Waals surface area contributed by atoms with E-state index >= 15 is 0 Å². The first kappa shape index (κ1) is 19.3. The minimum atomic E-state index is -3.20. The fourth-order valence-electron chi connectivity index (χ4n) is 5.34. The molecule has 1 aliphatic carbocycles. The number of hydrogen-bond acceptors (Lipinski definition) is 4. The summed E-state index contributed by atoms with van der Waals surface area (Å²) in [7, 11) is -3.20. The smallest absolute Gasteiger partial charge is 0.217 e. The molecule has 7 heteroatoms. The van der Waals surface area contributed by atoms with E-state index in [-0.39, 0.29) is 11.3 Å². The Morgan fingerprint density at radius 2 is 1.93 bits per heavy atom. The Bertz CT molecular complexity index is 998. The Hall–Kier alpha value is -1.70. The monoisotopic (exact) mass is 414 g/mol. The highest BCUT2D eigenvalue weighted by molar-refractivity contribution is 7.90.